The highest BCUT2D eigenvalue weighted by Gasteiger charge is 2.20. The molecule has 0 aromatic rings. The molecule has 0 radical (unpaired) electrons. The molecule has 4 heteroatoms. The Morgan fingerprint density at radius 2 is 2.31 bits per heavy atom. The monoisotopic (exact) mass is 202 g/mol. The molecule has 0 amide bonds. The molecule has 2 N–H and O–H groups in total. The van der Waals surface area contributed by atoms with Crippen LogP contribution in [-0.4, -0.2) is 43.2 Å². The maximum Gasteiger partial charge on any atom is 0.0869 e. The van der Waals surface area contributed by atoms with Crippen molar-refractivity contribution in [2.75, 3.05) is 33.4 Å². The first-order valence-electron chi connectivity index (χ1n) is 4.73. The SMILES string of the molecule is CN(CCOCC1CC1)CC(N)=S. The van der Waals surface area contributed by atoms with E-state index >= 15 is 0 Å². The molecule has 1 saturated carbocycles. The Balaban J connectivity index is 1.88. The molecule has 0 aliphatic heterocycles. The van der Waals surface area contributed by atoms with Crippen molar-refractivity contribution in [1.82, 2.24) is 4.90 Å². The highest BCUT2D eigenvalue weighted by atomic mass is 32.1. The number of likely N-dealkylation sites (N-methyl/N-ethyl adjacent to an activating group) is 1. The summed E-state index contributed by atoms with van der Waals surface area (Å²) >= 11 is 4.80. The van der Waals surface area contributed by atoms with Gasteiger partial charge < -0.3 is 10.5 Å². The summed E-state index contributed by atoms with van der Waals surface area (Å²) in [6.45, 7) is 3.31. The zero-order valence-electron chi connectivity index (χ0n) is 8.16. The highest BCUT2D eigenvalue weighted by molar-refractivity contribution is 7.80. The van der Waals surface area contributed by atoms with Crippen LogP contribution in [0.2, 0.25) is 0 Å². The van der Waals surface area contributed by atoms with Crippen molar-refractivity contribution >= 4 is 17.2 Å². The summed E-state index contributed by atoms with van der Waals surface area (Å²) in [5.74, 6) is 0.848. The van der Waals surface area contributed by atoms with Gasteiger partial charge in [0.1, 0.15) is 0 Å². The fraction of sp³-hybridized carbons (Fsp3) is 0.889. The molecule has 0 unspecified atom stereocenters. The fourth-order valence-electron chi connectivity index (χ4n) is 1.10. The molecule has 1 rings (SSSR count). The summed E-state index contributed by atoms with van der Waals surface area (Å²) in [4.78, 5) is 2.62. The lowest BCUT2D eigenvalue weighted by molar-refractivity contribution is 0.107. The van der Waals surface area contributed by atoms with E-state index in [1.54, 1.807) is 0 Å². The van der Waals surface area contributed by atoms with Gasteiger partial charge in [-0.15, -0.1) is 0 Å². The summed E-state index contributed by atoms with van der Waals surface area (Å²) in [5.41, 5.74) is 5.40. The number of hydrogen-bond donors (Lipinski definition) is 1. The first-order valence-corrected chi connectivity index (χ1v) is 5.14. The third-order valence-electron chi connectivity index (χ3n) is 2.09. The van der Waals surface area contributed by atoms with Gasteiger partial charge in [0.05, 0.1) is 11.6 Å². The van der Waals surface area contributed by atoms with Crippen molar-refractivity contribution in [2.24, 2.45) is 11.7 Å². The molecule has 0 heterocycles. The van der Waals surface area contributed by atoms with Crippen LogP contribution in [0.25, 0.3) is 0 Å². The van der Waals surface area contributed by atoms with Gasteiger partial charge >= 0.3 is 0 Å². The third kappa shape index (κ3) is 5.96. The maximum absolute atomic E-state index is 5.48. The van der Waals surface area contributed by atoms with Gasteiger partial charge in [-0.2, -0.15) is 0 Å². The topological polar surface area (TPSA) is 38.5 Å². The van der Waals surface area contributed by atoms with Crippen LogP contribution < -0.4 is 5.73 Å². The predicted molar refractivity (Wildman–Crippen MR) is 57.8 cm³/mol. The van der Waals surface area contributed by atoms with Gasteiger partial charge in [0.15, 0.2) is 0 Å². The lowest BCUT2D eigenvalue weighted by Gasteiger charge is -2.15. The number of nitrogens with two attached hydrogens (primary N) is 1. The van der Waals surface area contributed by atoms with Crippen molar-refractivity contribution in [3.8, 4) is 0 Å². The molecule has 1 aliphatic carbocycles. The van der Waals surface area contributed by atoms with Gasteiger partial charge in [-0.05, 0) is 25.8 Å². The smallest absolute Gasteiger partial charge is 0.0869 e. The maximum atomic E-state index is 5.48. The Hall–Kier alpha value is -0.190. The molecule has 0 spiro atoms. The lowest BCUT2D eigenvalue weighted by atomic mass is 10.4. The second-order valence-corrected chi connectivity index (χ2v) is 4.25. The van der Waals surface area contributed by atoms with Crippen molar-refractivity contribution in [2.45, 2.75) is 12.8 Å². The summed E-state index contributed by atoms with van der Waals surface area (Å²) in [6, 6.07) is 0. The molecular weight excluding hydrogens is 184 g/mol. The third-order valence-corrected chi connectivity index (χ3v) is 2.22. The number of ether oxygens (including phenoxy) is 1. The van der Waals surface area contributed by atoms with Crippen LogP contribution in [0, 0.1) is 5.92 Å². The second kappa shape index (κ2) is 5.52. The van der Waals surface area contributed by atoms with Gasteiger partial charge in [0.25, 0.3) is 0 Å². The zero-order chi connectivity index (χ0) is 9.68. The average molecular weight is 202 g/mol. The molecule has 0 saturated heterocycles. The van der Waals surface area contributed by atoms with Crippen LogP contribution in [0.4, 0.5) is 0 Å². The van der Waals surface area contributed by atoms with Gasteiger partial charge in [0.2, 0.25) is 0 Å². The van der Waals surface area contributed by atoms with E-state index in [0.717, 1.165) is 25.7 Å². The van der Waals surface area contributed by atoms with Crippen molar-refractivity contribution in [3.63, 3.8) is 0 Å². The first-order chi connectivity index (χ1) is 6.18. The van der Waals surface area contributed by atoms with Crippen molar-refractivity contribution in [3.05, 3.63) is 0 Å². The van der Waals surface area contributed by atoms with E-state index in [1.165, 1.54) is 12.8 Å². The van der Waals surface area contributed by atoms with Crippen molar-refractivity contribution in [1.29, 1.82) is 0 Å². The Bertz CT molecular complexity index is 171. The molecule has 1 fully saturated rings. The summed E-state index contributed by atoms with van der Waals surface area (Å²) in [5, 5.41) is 0. The average Bonchev–Trinajstić information content (AvgIpc) is 2.80. The minimum atomic E-state index is 0.546. The second-order valence-electron chi connectivity index (χ2n) is 3.72. The predicted octanol–water partition coefficient (Wildman–Crippen LogP) is 0.631. The van der Waals surface area contributed by atoms with Gasteiger partial charge in [-0.1, -0.05) is 12.2 Å². The summed E-state index contributed by atoms with van der Waals surface area (Å²) in [6.07, 6.45) is 2.70. The molecule has 1 aliphatic rings. The number of thiocarbonyl (C=S) groups is 1. The van der Waals surface area contributed by atoms with Gasteiger partial charge in [-0.25, -0.2) is 0 Å². The van der Waals surface area contributed by atoms with Crippen LogP contribution in [0.15, 0.2) is 0 Å². The Morgan fingerprint density at radius 1 is 1.62 bits per heavy atom. The Labute approximate surface area is 85.2 Å². The van der Waals surface area contributed by atoms with E-state index in [4.69, 9.17) is 22.7 Å². The molecule has 0 atom stereocenters. The minimum Gasteiger partial charge on any atom is -0.392 e. The molecule has 0 aromatic heterocycles. The minimum absolute atomic E-state index is 0.546. The van der Waals surface area contributed by atoms with Gasteiger partial charge in [0, 0.05) is 19.7 Å². The van der Waals surface area contributed by atoms with E-state index in [-0.39, 0.29) is 0 Å². The van der Waals surface area contributed by atoms with E-state index in [9.17, 15) is 0 Å². The van der Waals surface area contributed by atoms with E-state index in [2.05, 4.69) is 4.90 Å². The Kier molecular flexibility index (Phi) is 4.62. The lowest BCUT2D eigenvalue weighted by Crippen LogP contribution is -2.32. The van der Waals surface area contributed by atoms with Crippen LogP contribution in [0.3, 0.4) is 0 Å². The molecule has 0 aromatic carbocycles. The normalized spacial score (nSPS) is 16.5. The largest absolute Gasteiger partial charge is 0.392 e. The highest BCUT2D eigenvalue weighted by Crippen LogP contribution is 2.28. The van der Waals surface area contributed by atoms with Crippen molar-refractivity contribution < 1.29 is 4.74 Å². The van der Waals surface area contributed by atoms with E-state index in [1.807, 2.05) is 7.05 Å². The van der Waals surface area contributed by atoms with Crippen LogP contribution in [0.1, 0.15) is 12.8 Å². The molecule has 76 valence electrons. The Morgan fingerprint density at radius 3 is 2.85 bits per heavy atom. The molecule has 3 nitrogen and oxygen atoms in total. The van der Waals surface area contributed by atoms with Gasteiger partial charge in [-0.3, -0.25) is 4.90 Å². The number of hydrogen-bond acceptors (Lipinski definition) is 3. The van der Waals surface area contributed by atoms with E-state index in [0.29, 0.717) is 11.5 Å². The summed E-state index contributed by atoms with van der Waals surface area (Å²) in [7, 11) is 2.00. The molecule has 13 heavy (non-hydrogen) atoms. The van der Waals surface area contributed by atoms with Crippen LogP contribution >= 0.6 is 12.2 Å². The first kappa shape index (κ1) is 10.9. The summed E-state index contributed by atoms with van der Waals surface area (Å²) < 4.78 is 5.48. The van der Waals surface area contributed by atoms with E-state index < -0.39 is 0 Å². The van der Waals surface area contributed by atoms with Crippen LogP contribution in [0.5, 0.6) is 0 Å². The fourth-order valence-corrected chi connectivity index (χ4v) is 1.32. The quantitative estimate of drug-likeness (QED) is 0.485. The number of rotatable bonds is 7. The van der Waals surface area contributed by atoms with Crippen LogP contribution in [-0.2, 0) is 4.74 Å². The zero-order valence-corrected chi connectivity index (χ0v) is 8.98. The molecule has 0 bridgehead atoms. The standard InChI is InChI=1S/C9H18N2OS/c1-11(6-9(10)13)4-5-12-7-8-2-3-8/h8H,2-7H2,1H3,(H2,10,13). The number of nitrogens with zero attached hydrogens (tertiary/aromatic N) is 1. The molecular formula is C9H18N2OS.